The number of aromatic amines is 1. The number of carboxylic acids is 1. The number of nitrogens with one attached hydrogen (secondary N) is 2. The molecule has 0 amide bonds. The molecule has 1 fully saturated rings. The second kappa shape index (κ2) is 5.76. The Labute approximate surface area is 124 Å². The fourth-order valence-electron chi connectivity index (χ4n) is 2.79. The minimum Gasteiger partial charge on any atom is -0.480 e. The molecule has 1 aliphatic carbocycles. The zero-order valence-electron chi connectivity index (χ0n) is 12.2. The van der Waals surface area contributed by atoms with E-state index in [0.29, 0.717) is 37.4 Å². The van der Waals surface area contributed by atoms with Crippen molar-refractivity contribution in [3.8, 4) is 0 Å². The summed E-state index contributed by atoms with van der Waals surface area (Å²) in [5.74, 6) is -0.178. The molecule has 118 valence electrons. The van der Waals surface area contributed by atoms with Gasteiger partial charge >= 0.3 is 5.97 Å². The first-order valence-corrected chi connectivity index (χ1v) is 8.56. The average molecular weight is 315 g/mol. The zero-order valence-corrected chi connectivity index (χ0v) is 13.0. The highest BCUT2D eigenvalue weighted by molar-refractivity contribution is 7.89. The standard InChI is InChI=1S/C13H21N3O4S/c1-3-10-4-6-13(7-5-10,12(17)18)16-21(19,20)11-8-14-9(2)15-11/h8,10,16H,3-7H2,1-2H3,(H,14,15)(H,17,18). The summed E-state index contributed by atoms with van der Waals surface area (Å²) in [4.78, 5) is 18.1. The summed E-state index contributed by atoms with van der Waals surface area (Å²) in [6.45, 7) is 3.70. The quantitative estimate of drug-likeness (QED) is 0.760. The first-order chi connectivity index (χ1) is 9.79. The van der Waals surface area contributed by atoms with Crippen LogP contribution >= 0.6 is 0 Å². The van der Waals surface area contributed by atoms with Crippen molar-refractivity contribution < 1.29 is 18.3 Å². The molecule has 1 aromatic heterocycles. The lowest BCUT2D eigenvalue weighted by Gasteiger charge is -2.36. The van der Waals surface area contributed by atoms with Gasteiger partial charge in [-0.15, -0.1) is 0 Å². The third-order valence-electron chi connectivity index (χ3n) is 4.24. The molecule has 0 spiro atoms. The van der Waals surface area contributed by atoms with Crippen LogP contribution in [0.15, 0.2) is 11.2 Å². The van der Waals surface area contributed by atoms with Crippen molar-refractivity contribution in [3.63, 3.8) is 0 Å². The molecule has 0 aliphatic heterocycles. The molecule has 1 aromatic rings. The Balaban J connectivity index is 2.23. The maximum absolute atomic E-state index is 12.3. The lowest BCUT2D eigenvalue weighted by Crippen LogP contribution is -2.56. The minimum atomic E-state index is -3.92. The maximum Gasteiger partial charge on any atom is 0.324 e. The first kappa shape index (κ1) is 16.0. The van der Waals surface area contributed by atoms with Crippen LogP contribution in [0.1, 0.15) is 44.9 Å². The molecule has 3 N–H and O–H groups in total. The predicted octanol–water partition coefficient (Wildman–Crippen LogP) is 1.42. The third kappa shape index (κ3) is 3.26. The fraction of sp³-hybridized carbons (Fsp3) is 0.692. The van der Waals surface area contributed by atoms with E-state index in [4.69, 9.17) is 0 Å². The number of carboxylic acid groups (broad SMARTS) is 1. The van der Waals surface area contributed by atoms with Crippen molar-refractivity contribution in [2.75, 3.05) is 0 Å². The highest BCUT2D eigenvalue weighted by atomic mass is 32.2. The average Bonchev–Trinajstić information content (AvgIpc) is 2.86. The molecular weight excluding hydrogens is 294 g/mol. The van der Waals surface area contributed by atoms with Gasteiger partial charge in [-0.25, -0.2) is 13.4 Å². The SMILES string of the molecule is CCC1CCC(NS(=O)(=O)c2cnc(C)[nH]2)(C(=O)O)CC1. The third-order valence-corrected chi connectivity index (χ3v) is 5.69. The summed E-state index contributed by atoms with van der Waals surface area (Å²) in [7, 11) is -3.92. The van der Waals surface area contributed by atoms with Gasteiger partial charge in [0.2, 0.25) is 0 Å². The van der Waals surface area contributed by atoms with Gasteiger partial charge in [-0.05, 0) is 38.5 Å². The summed E-state index contributed by atoms with van der Waals surface area (Å²) in [6.07, 6.45) is 4.24. The van der Waals surface area contributed by atoms with Crippen molar-refractivity contribution in [2.24, 2.45) is 5.92 Å². The van der Waals surface area contributed by atoms with Gasteiger partial charge in [0.25, 0.3) is 10.0 Å². The van der Waals surface area contributed by atoms with Crippen LogP contribution in [-0.4, -0.2) is 35.0 Å². The van der Waals surface area contributed by atoms with Gasteiger partial charge in [0.05, 0.1) is 6.20 Å². The molecule has 7 nitrogen and oxygen atoms in total. The van der Waals surface area contributed by atoms with E-state index in [1.165, 1.54) is 6.20 Å². The van der Waals surface area contributed by atoms with Crippen molar-refractivity contribution in [3.05, 3.63) is 12.0 Å². The van der Waals surface area contributed by atoms with Gasteiger partial charge in [-0.1, -0.05) is 13.3 Å². The van der Waals surface area contributed by atoms with E-state index in [2.05, 4.69) is 21.6 Å². The summed E-state index contributed by atoms with van der Waals surface area (Å²) in [6, 6.07) is 0. The van der Waals surface area contributed by atoms with E-state index in [1.54, 1.807) is 6.92 Å². The van der Waals surface area contributed by atoms with Crippen LogP contribution in [0, 0.1) is 12.8 Å². The van der Waals surface area contributed by atoms with E-state index in [0.717, 1.165) is 6.42 Å². The van der Waals surface area contributed by atoms with Crippen LogP contribution in [0.4, 0.5) is 0 Å². The molecule has 0 bridgehead atoms. The second-order valence-corrected chi connectivity index (χ2v) is 7.33. The van der Waals surface area contributed by atoms with Crippen LogP contribution < -0.4 is 4.72 Å². The van der Waals surface area contributed by atoms with E-state index >= 15 is 0 Å². The Kier molecular flexibility index (Phi) is 4.38. The normalized spacial score (nSPS) is 26.7. The van der Waals surface area contributed by atoms with Crippen LogP contribution in [0.5, 0.6) is 0 Å². The van der Waals surface area contributed by atoms with Crippen molar-refractivity contribution in [2.45, 2.75) is 56.5 Å². The molecule has 0 unspecified atom stereocenters. The van der Waals surface area contributed by atoms with Gasteiger partial charge in [0, 0.05) is 0 Å². The number of H-pyrrole nitrogens is 1. The summed E-state index contributed by atoms with van der Waals surface area (Å²) in [5, 5.41) is 9.41. The number of aliphatic carboxylic acids is 1. The number of hydrogen-bond acceptors (Lipinski definition) is 4. The number of hydrogen-bond donors (Lipinski definition) is 3. The highest BCUT2D eigenvalue weighted by Gasteiger charge is 2.45. The molecule has 0 radical (unpaired) electrons. The summed E-state index contributed by atoms with van der Waals surface area (Å²) < 4.78 is 27.0. The number of aromatic nitrogens is 2. The van der Waals surface area contributed by atoms with Crippen LogP contribution in [-0.2, 0) is 14.8 Å². The van der Waals surface area contributed by atoms with E-state index in [9.17, 15) is 18.3 Å². The van der Waals surface area contributed by atoms with Gasteiger partial charge < -0.3 is 10.1 Å². The minimum absolute atomic E-state index is 0.0989. The largest absolute Gasteiger partial charge is 0.480 e. The molecule has 0 aromatic carbocycles. The number of rotatable bonds is 5. The zero-order chi connectivity index (χ0) is 15.7. The molecule has 1 aliphatic rings. The Morgan fingerprint density at radius 2 is 2.14 bits per heavy atom. The molecule has 0 atom stereocenters. The summed E-state index contributed by atoms with van der Waals surface area (Å²) >= 11 is 0. The molecule has 21 heavy (non-hydrogen) atoms. The number of sulfonamides is 1. The van der Waals surface area contributed by atoms with Crippen molar-refractivity contribution >= 4 is 16.0 Å². The van der Waals surface area contributed by atoms with E-state index < -0.39 is 21.5 Å². The molecule has 2 rings (SSSR count). The van der Waals surface area contributed by atoms with Crippen molar-refractivity contribution in [1.29, 1.82) is 0 Å². The molecule has 1 saturated carbocycles. The van der Waals surface area contributed by atoms with Crippen molar-refractivity contribution in [1.82, 2.24) is 14.7 Å². The van der Waals surface area contributed by atoms with E-state index in [-0.39, 0.29) is 5.03 Å². The fourth-order valence-corrected chi connectivity index (χ4v) is 4.17. The van der Waals surface area contributed by atoms with Gasteiger partial charge in [0.1, 0.15) is 11.4 Å². The predicted molar refractivity (Wildman–Crippen MR) is 76.3 cm³/mol. The lowest BCUT2D eigenvalue weighted by atomic mass is 9.76. The van der Waals surface area contributed by atoms with Gasteiger partial charge in [0.15, 0.2) is 5.03 Å². The van der Waals surface area contributed by atoms with Crippen LogP contribution in [0.25, 0.3) is 0 Å². The Hall–Kier alpha value is -1.41. The van der Waals surface area contributed by atoms with E-state index in [1.807, 2.05) is 0 Å². The number of carbonyl (C=O) groups is 1. The number of nitrogens with zero attached hydrogens (tertiary/aromatic N) is 1. The molecule has 8 heteroatoms. The number of imidazole rings is 1. The monoisotopic (exact) mass is 315 g/mol. The summed E-state index contributed by atoms with van der Waals surface area (Å²) in [5.41, 5.74) is -1.41. The molecule has 1 heterocycles. The molecule has 0 saturated heterocycles. The topological polar surface area (TPSA) is 112 Å². The molecular formula is C13H21N3O4S. The van der Waals surface area contributed by atoms with Gasteiger partial charge in [-0.2, -0.15) is 4.72 Å². The maximum atomic E-state index is 12.3. The lowest BCUT2D eigenvalue weighted by molar-refractivity contribution is -0.145. The highest BCUT2D eigenvalue weighted by Crippen LogP contribution is 2.35. The smallest absolute Gasteiger partial charge is 0.324 e. The second-order valence-electron chi connectivity index (χ2n) is 5.68. The van der Waals surface area contributed by atoms with Crippen LogP contribution in [0.2, 0.25) is 0 Å². The Morgan fingerprint density at radius 1 is 1.52 bits per heavy atom. The van der Waals surface area contributed by atoms with Crippen LogP contribution in [0.3, 0.4) is 0 Å². The number of aryl methyl sites for hydroxylation is 1. The first-order valence-electron chi connectivity index (χ1n) is 7.08. The van der Waals surface area contributed by atoms with Gasteiger partial charge in [-0.3, -0.25) is 4.79 Å². The Bertz CT molecular complexity index is 615. The Morgan fingerprint density at radius 3 is 2.57 bits per heavy atom.